The zero-order valence-electron chi connectivity index (χ0n) is 9.33. The Morgan fingerprint density at radius 1 is 1.50 bits per heavy atom. The highest BCUT2D eigenvalue weighted by atomic mass is 79.9. The molecule has 0 radical (unpaired) electrons. The van der Waals surface area contributed by atoms with E-state index in [1.54, 1.807) is 26.2 Å². The first-order valence-corrected chi connectivity index (χ1v) is 5.78. The molecule has 16 heavy (non-hydrogen) atoms. The van der Waals surface area contributed by atoms with Gasteiger partial charge in [-0.1, -0.05) is 0 Å². The Labute approximate surface area is 103 Å². The summed E-state index contributed by atoms with van der Waals surface area (Å²) in [5, 5.41) is 21.9. The predicted molar refractivity (Wildman–Crippen MR) is 65.7 cm³/mol. The molecular weight excluding hydrogens is 274 g/mol. The monoisotopic (exact) mass is 289 g/mol. The van der Waals surface area contributed by atoms with E-state index in [4.69, 9.17) is 9.84 Å². The van der Waals surface area contributed by atoms with Crippen LogP contribution in [0.5, 0.6) is 11.5 Å². The lowest BCUT2D eigenvalue weighted by Gasteiger charge is -2.11. The first-order chi connectivity index (χ1) is 7.54. The second kappa shape index (κ2) is 6.08. The van der Waals surface area contributed by atoms with E-state index >= 15 is 0 Å². The molecule has 0 bridgehead atoms. The van der Waals surface area contributed by atoms with E-state index in [0.29, 0.717) is 23.3 Å². The fourth-order valence-corrected chi connectivity index (χ4v) is 1.78. The summed E-state index contributed by atoms with van der Waals surface area (Å²) in [4.78, 5) is 0. The van der Waals surface area contributed by atoms with Gasteiger partial charge in [0.1, 0.15) is 11.5 Å². The van der Waals surface area contributed by atoms with E-state index in [1.165, 1.54) is 0 Å². The third-order valence-electron chi connectivity index (χ3n) is 2.11. The van der Waals surface area contributed by atoms with E-state index in [1.807, 2.05) is 0 Å². The van der Waals surface area contributed by atoms with E-state index in [0.717, 1.165) is 5.56 Å². The van der Waals surface area contributed by atoms with Crippen molar-refractivity contribution in [2.45, 2.75) is 19.6 Å². The number of aromatic hydroxyl groups is 1. The Morgan fingerprint density at radius 3 is 2.75 bits per heavy atom. The number of aliphatic hydroxyl groups is 1. The summed E-state index contributed by atoms with van der Waals surface area (Å²) >= 11 is 3.25. The minimum atomic E-state index is -0.406. The summed E-state index contributed by atoms with van der Waals surface area (Å²) in [6.07, 6.45) is -0.406. The van der Waals surface area contributed by atoms with Crippen molar-refractivity contribution >= 4 is 15.9 Å². The molecular formula is C11H16BrNO3. The first kappa shape index (κ1) is 13.3. The van der Waals surface area contributed by atoms with Gasteiger partial charge in [0, 0.05) is 18.7 Å². The predicted octanol–water partition coefficient (Wildman–Crippen LogP) is 1.63. The minimum absolute atomic E-state index is 0.193. The lowest BCUT2D eigenvalue weighted by atomic mass is 10.2. The molecule has 1 unspecified atom stereocenters. The lowest BCUT2D eigenvalue weighted by molar-refractivity contribution is 0.191. The average Bonchev–Trinajstić information content (AvgIpc) is 2.23. The molecule has 0 spiro atoms. The molecule has 0 saturated carbocycles. The highest BCUT2D eigenvalue weighted by molar-refractivity contribution is 9.10. The lowest BCUT2D eigenvalue weighted by Crippen LogP contribution is -2.23. The van der Waals surface area contributed by atoms with Crippen LogP contribution in [0.2, 0.25) is 0 Å². The molecule has 1 atom stereocenters. The molecule has 0 aromatic heterocycles. The summed E-state index contributed by atoms with van der Waals surface area (Å²) in [5.74, 6) is 0.873. The molecule has 3 N–H and O–H groups in total. The number of methoxy groups -OCH3 is 1. The fraction of sp³-hybridized carbons (Fsp3) is 0.455. The van der Waals surface area contributed by atoms with Crippen LogP contribution in [0.1, 0.15) is 12.5 Å². The number of rotatable bonds is 5. The van der Waals surface area contributed by atoms with Gasteiger partial charge < -0.3 is 20.3 Å². The van der Waals surface area contributed by atoms with Crippen molar-refractivity contribution in [3.05, 3.63) is 22.2 Å². The Bertz CT molecular complexity index is 355. The number of nitrogens with one attached hydrogen (secondary N) is 1. The number of halogens is 1. The summed E-state index contributed by atoms with van der Waals surface area (Å²) in [6.45, 7) is 2.66. The number of benzene rings is 1. The maximum absolute atomic E-state index is 9.78. The average molecular weight is 290 g/mol. The smallest absolute Gasteiger partial charge is 0.134 e. The highest BCUT2D eigenvalue weighted by Gasteiger charge is 2.08. The van der Waals surface area contributed by atoms with Gasteiger partial charge in [0.05, 0.1) is 17.7 Å². The van der Waals surface area contributed by atoms with E-state index in [2.05, 4.69) is 21.2 Å². The van der Waals surface area contributed by atoms with Crippen molar-refractivity contribution in [3.63, 3.8) is 0 Å². The zero-order valence-corrected chi connectivity index (χ0v) is 10.9. The summed E-state index contributed by atoms with van der Waals surface area (Å²) in [7, 11) is 1.58. The van der Waals surface area contributed by atoms with Gasteiger partial charge in [-0.15, -0.1) is 0 Å². The minimum Gasteiger partial charge on any atom is -0.506 e. The van der Waals surface area contributed by atoms with Crippen molar-refractivity contribution in [1.82, 2.24) is 5.32 Å². The van der Waals surface area contributed by atoms with Crippen LogP contribution in [0.4, 0.5) is 0 Å². The Kier molecular flexibility index (Phi) is 5.05. The molecule has 90 valence electrons. The van der Waals surface area contributed by atoms with Gasteiger partial charge in [0.2, 0.25) is 0 Å². The van der Waals surface area contributed by atoms with Crippen molar-refractivity contribution in [2.75, 3.05) is 13.7 Å². The van der Waals surface area contributed by atoms with Crippen molar-refractivity contribution in [1.29, 1.82) is 0 Å². The van der Waals surface area contributed by atoms with Crippen LogP contribution in [-0.2, 0) is 6.54 Å². The van der Waals surface area contributed by atoms with Crippen LogP contribution in [0.3, 0.4) is 0 Å². The maximum atomic E-state index is 9.78. The van der Waals surface area contributed by atoms with Crippen molar-refractivity contribution < 1.29 is 14.9 Å². The fourth-order valence-electron chi connectivity index (χ4n) is 1.30. The third kappa shape index (κ3) is 3.66. The topological polar surface area (TPSA) is 61.7 Å². The number of ether oxygens (including phenoxy) is 1. The van der Waals surface area contributed by atoms with Gasteiger partial charge in [-0.05, 0) is 35.0 Å². The van der Waals surface area contributed by atoms with Crippen molar-refractivity contribution in [3.8, 4) is 11.5 Å². The van der Waals surface area contributed by atoms with Gasteiger partial charge in [0.15, 0.2) is 0 Å². The van der Waals surface area contributed by atoms with E-state index in [9.17, 15) is 5.11 Å². The SMILES string of the molecule is COc1cc(Br)c(O)c(CNCC(C)O)c1. The molecule has 0 aliphatic carbocycles. The quantitative estimate of drug-likeness (QED) is 0.771. The molecule has 0 fully saturated rings. The Morgan fingerprint density at radius 2 is 2.19 bits per heavy atom. The number of phenols is 1. The van der Waals surface area contributed by atoms with Crippen LogP contribution in [0, 0.1) is 0 Å². The molecule has 1 aromatic carbocycles. The first-order valence-electron chi connectivity index (χ1n) is 4.98. The molecule has 0 amide bonds. The van der Waals surface area contributed by atoms with Crippen LogP contribution < -0.4 is 10.1 Å². The van der Waals surface area contributed by atoms with Gasteiger partial charge in [0.25, 0.3) is 0 Å². The molecule has 0 heterocycles. The summed E-state index contributed by atoms with van der Waals surface area (Å²) in [6, 6.07) is 3.46. The standard InChI is InChI=1S/C11H16BrNO3/c1-7(14)5-13-6-8-3-9(16-2)4-10(12)11(8)15/h3-4,7,13-15H,5-6H2,1-2H3. The Balaban J connectivity index is 2.74. The van der Waals surface area contributed by atoms with Gasteiger partial charge in [-0.2, -0.15) is 0 Å². The zero-order chi connectivity index (χ0) is 12.1. The molecule has 0 saturated heterocycles. The molecule has 4 nitrogen and oxygen atoms in total. The molecule has 1 aromatic rings. The molecule has 1 rings (SSSR count). The van der Waals surface area contributed by atoms with Crippen LogP contribution in [-0.4, -0.2) is 30.0 Å². The molecule has 5 heteroatoms. The Hall–Kier alpha value is -0.780. The number of hydrogen-bond acceptors (Lipinski definition) is 4. The van der Waals surface area contributed by atoms with E-state index in [-0.39, 0.29) is 5.75 Å². The van der Waals surface area contributed by atoms with Crippen LogP contribution in [0.15, 0.2) is 16.6 Å². The number of aliphatic hydroxyl groups excluding tert-OH is 1. The third-order valence-corrected chi connectivity index (χ3v) is 2.71. The number of phenolic OH excluding ortho intramolecular Hbond substituents is 1. The normalized spacial score (nSPS) is 12.5. The highest BCUT2D eigenvalue weighted by Crippen LogP contribution is 2.32. The number of hydrogen-bond donors (Lipinski definition) is 3. The van der Waals surface area contributed by atoms with E-state index < -0.39 is 6.10 Å². The summed E-state index contributed by atoms with van der Waals surface area (Å²) < 4.78 is 5.70. The van der Waals surface area contributed by atoms with Gasteiger partial charge in [-0.25, -0.2) is 0 Å². The van der Waals surface area contributed by atoms with Crippen LogP contribution >= 0.6 is 15.9 Å². The van der Waals surface area contributed by atoms with Crippen molar-refractivity contribution in [2.24, 2.45) is 0 Å². The molecule has 0 aliphatic heterocycles. The van der Waals surface area contributed by atoms with Crippen LogP contribution in [0.25, 0.3) is 0 Å². The summed E-state index contributed by atoms with van der Waals surface area (Å²) in [5.41, 5.74) is 0.729. The second-order valence-electron chi connectivity index (χ2n) is 3.60. The second-order valence-corrected chi connectivity index (χ2v) is 4.45. The largest absolute Gasteiger partial charge is 0.506 e. The van der Waals surface area contributed by atoms with Gasteiger partial charge in [-0.3, -0.25) is 0 Å². The van der Waals surface area contributed by atoms with Gasteiger partial charge >= 0.3 is 0 Å². The molecule has 0 aliphatic rings. The maximum Gasteiger partial charge on any atom is 0.134 e.